The fourth-order valence-electron chi connectivity index (χ4n) is 1.97. The third-order valence-electron chi connectivity index (χ3n) is 2.84. The molecular formula is C12H21N5. The van der Waals surface area contributed by atoms with E-state index in [0.717, 1.165) is 31.3 Å². The van der Waals surface area contributed by atoms with Gasteiger partial charge >= 0.3 is 0 Å². The Morgan fingerprint density at radius 3 is 2.94 bits per heavy atom. The van der Waals surface area contributed by atoms with Crippen LogP contribution in [-0.4, -0.2) is 35.6 Å². The van der Waals surface area contributed by atoms with Crippen LogP contribution in [0.15, 0.2) is 12.4 Å². The first kappa shape index (κ1) is 12.1. The van der Waals surface area contributed by atoms with E-state index in [2.05, 4.69) is 39.8 Å². The lowest BCUT2D eigenvalue weighted by atomic mass is 10.1. The summed E-state index contributed by atoms with van der Waals surface area (Å²) in [4.78, 5) is 8.41. The summed E-state index contributed by atoms with van der Waals surface area (Å²) < 4.78 is 0. The minimum Gasteiger partial charge on any atom is -0.370 e. The highest BCUT2D eigenvalue weighted by atomic mass is 15.1. The molecule has 5 heteroatoms. The van der Waals surface area contributed by atoms with Crippen LogP contribution in [-0.2, 0) is 0 Å². The lowest BCUT2D eigenvalue weighted by Gasteiger charge is -2.12. The van der Waals surface area contributed by atoms with Crippen molar-refractivity contribution >= 4 is 11.6 Å². The standard InChI is InChI=1S/C12H21N5/c1-9(2)17-12-5-11(15-8-16-12)14-7-10-3-4-13-6-10/h5,8-10,13H,3-4,6-7H2,1-2H3,(H2,14,15,16,17). The first-order valence-corrected chi connectivity index (χ1v) is 6.27. The second-order valence-corrected chi connectivity index (χ2v) is 4.83. The number of aromatic nitrogens is 2. The van der Waals surface area contributed by atoms with E-state index in [0.29, 0.717) is 12.0 Å². The molecule has 0 amide bonds. The van der Waals surface area contributed by atoms with E-state index < -0.39 is 0 Å². The van der Waals surface area contributed by atoms with E-state index in [4.69, 9.17) is 0 Å². The van der Waals surface area contributed by atoms with E-state index in [1.165, 1.54) is 6.42 Å². The molecule has 1 aromatic rings. The summed E-state index contributed by atoms with van der Waals surface area (Å²) >= 11 is 0. The molecule has 1 fully saturated rings. The van der Waals surface area contributed by atoms with Gasteiger partial charge in [-0.05, 0) is 39.3 Å². The van der Waals surface area contributed by atoms with Gasteiger partial charge in [-0.25, -0.2) is 9.97 Å². The average Bonchev–Trinajstić information content (AvgIpc) is 2.79. The maximum absolute atomic E-state index is 4.23. The molecule has 1 aliphatic rings. The summed E-state index contributed by atoms with van der Waals surface area (Å²) in [7, 11) is 0. The van der Waals surface area contributed by atoms with Crippen molar-refractivity contribution in [3.05, 3.63) is 12.4 Å². The second kappa shape index (κ2) is 5.82. The third-order valence-corrected chi connectivity index (χ3v) is 2.84. The van der Waals surface area contributed by atoms with Gasteiger partial charge in [-0.3, -0.25) is 0 Å². The van der Waals surface area contributed by atoms with Gasteiger partial charge in [0.25, 0.3) is 0 Å². The Hall–Kier alpha value is -1.36. The highest BCUT2D eigenvalue weighted by Gasteiger charge is 2.13. The second-order valence-electron chi connectivity index (χ2n) is 4.83. The summed E-state index contributed by atoms with van der Waals surface area (Å²) in [6.07, 6.45) is 2.84. The van der Waals surface area contributed by atoms with Gasteiger partial charge in [0.1, 0.15) is 18.0 Å². The van der Waals surface area contributed by atoms with Gasteiger partial charge in [-0.2, -0.15) is 0 Å². The first-order chi connectivity index (χ1) is 8.24. The van der Waals surface area contributed by atoms with Crippen molar-refractivity contribution in [3.63, 3.8) is 0 Å². The minimum atomic E-state index is 0.386. The fourth-order valence-corrected chi connectivity index (χ4v) is 1.97. The lowest BCUT2D eigenvalue weighted by molar-refractivity contribution is 0.614. The summed E-state index contributed by atoms with van der Waals surface area (Å²) in [5.41, 5.74) is 0. The Kier molecular flexibility index (Phi) is 4.14. The van der Waals surface area contributed by atoms with Gasteiger partial charge in [0.2, 0.25) is 0 Å². The van der Waals surface area contributed by atoms with Gasteiger partial charge in [0.05, 0.1) is 0 Å². The summed E-state index contributed by atoms with van der Waals surface area (Å²) in [5, 5.41) is 10.00. The zero-order chi connectivity index (χ0) is 12.1. The van der Waals surface area contributed by atoms with Gasteiger partial charge < -0.3 is 16.0 Å². The van der Waals surface area contributed by atoms with E-state index in [1.807, 2.05) is 6.07 Å². The van der Waals surface area contributed by atoms with Gasteiger partial charge in [0, 0.05) is 18.7 Å². The van der Waals surface area contributed by atoms with Crippen molar-refractivity contribution in [1.29, 1.82) is 0 Å². The molecule has 0 bridgehead atoms. The largest absolute Gasteiger partial charge is 0.370 e. The van der Waals surface area contributed by atoms with Crippen molar-refractivity contribution in [1.82, 2.24) is 15.3 Å². The van der Waals surface area contributed by atoms with Crippen LogP contribution in [0.25, 0.3) is 0 Å². The van der Waals surface area contributed by atoms with Crippen LogP contribution in [0.3, 0.4) is 0 Å². The topological polar surface area (TPSA) is 61.9 Å². The Labute approximate surface area is 102 Å². The minimum absolute atomic E-state index is 0.386. The number of anilines is 2. The summed E-state index contributed by atoms with van der Waals surface area (Å²) in [5.74, 6) is 2.49. The molecule has 0 aliphatic carbocycles. The molecule has 0 aromatic carbocycles. The van der Waals surface area contributed by atoms with Gasteiger partial charge in [-0.15, -0.1) is 0 Å². The molecule has 2 rings (SSSR count). The van der Waals surface area contributed by atoms with Crippen LogP contribution in [0.2, 0.25) is 0 Å². The molecule has 0 spiro atoms. The quantitative estimate of drug-likeness (QED) is 0.718. The maximum Gasteiger partial charge on any atom is 0.131 e. The van der Waals surface area contributed by atoms with Crippen LogP contribution in [0.1, 0.15) is 20.3 Å². The number of rotatable bonds is 5. The Morgan fingerprint density at radius 2 is 2.24 bits per heavy atom. The number of hydrogen-bond donors (Lipinski definition) is 3. The molecule has 2 heterocycles. The SMILES string of the molecule is CC(C)Nc1cc(NCC2CCNC2)ncn1. The number of hydrogen-bond acceptors (Lipinski definition) is 5. The molecule has 5 nitrogen and oxygen atoms in total. The molecule has 94 valence electrons. The van der Waals surface area contributed by atoms with Crippen molar-refractivity contribution < 1.29 is 0 Å². The molecular weight excluding hydrogens is 214 g/mol. The van der Waals surface area contributed by atoms with Crippen molar-refractivity contribution in [3.8, 4) is 0 Å². The fraction of sp³-hybridized carbons (Fsp3) is 0.667. The highest BCUT2D eigenvalue weighted by molar-refractivity contribution is 5.46. The van der Waals surface area contributed by atoms with E-state index in [-0.39, 0.29) is 0 Å². The van der Waals surface area contributed by atoms with E-state index in [1.54, 1.807) is 6.33 Å². The summed E-state index contributed by atoms with van der Waals surface area (Å²) in [6, 6.07) is 2.35. The first-order valence-electron chi connectivity index (χ1n) is 6.27. The molecule has 1 atom stereocenters. The van der Waals surface area contributed by atoms with Crippen LogP contribution < -0.4 is 16.0 Å². The van der Waals surface area contributed by atoms with Crippen LogP contribution >= 0.6 is 0 Å². The highest BCUT2D eigenvalue weighted by Crippen LogP contribution is 2.12. The van der Waals surface area contributed by atoms with Crippen molar-refractivity contribution in [2.75, 3.05) is 30.3 Å². The van der Waals surface area contributed by atoms with Crippen LogP contribution in [0.5, 0.6) is 0 Å². The van der Waals surface area contributed by atoms with E-state index in [9.17, 15) is 0 Å². The normalized spacial score (nSPS) is 19.6. The van der Waals surface area contributed by atoms with Crippen LogP contribution in [0, 0.1) is 5.92 Å². The van der Waals surface area contributed by atoms with Gasteiger partial charge in [-0.1, -0.05) is 0 Å². The maximum atomic E-state index is 4.23. The molecule has 1 aliphatic heterocycles. The van der Waals surface area contributed by atoms with Crippen molar-refractivity contribution in [2.24, 2.45) is 5.92 Å². The zero-order valence-electron chi connectivity index (χ0n) is 10.5. The molecule has 1 saturated heterocycles. The number of nitrogens with zero attached hydrogens (tertiary/aromatic N) is 2. The molecule has 0 radical (unpaired) electrons. The predicted molar refractivity (Wildman–Crippen MR) is 70.3 cm³/mol. The summed E-state index contributed by atoms with van der Waals surface area (Å²) in [6.45, 7) is 7.41. The van der Waals surface area contributed by atoms with E-state index >= 15 is 0 Å². The lowest BCUT2D eigenvalue weighted by Crippen LogP contribution is -2.18. The molecule has 1 aromatic heterocycles. The van der Waals surface area contributed by atoms with Crippen molar-refractivity contribution in [2.45, 2.75) is 26.3 Å². The number of nitrogens with one attached hydrogen (secondary N) is 3. The smallest absolute Gasteiger partial charge is 0.131 e. The van der Waals surface area contributed by atoms with Crippen LogP contribution in [0.4, 0.5) is 11.6 Å². The monoisotopic (exact) mass is 235 g/mol. The zero-order valence-corrected chi connectivity index (χ0v) is 10.5. The third kappa shape index (κ3) is 3.85. The Balaban J connectivity index is 1.86. The molecule has 1 unspecified atom stereocenters. The molecule has 17 heavy (non-hydrogen) atoms. The Bertz CT molecular complexity index is 347. The Morgan fingerprint density at radius 1 is 1.41 bits per heavy atom. The predicted octanol–water partition coefficient (Wildman–Crippen LogP) is 1.32. The van der Waals surface area contributed by atoms with Gasteiger partial charge in [0.15, 0.2) is 0 Å². The molecule has 0 saturated carbocycles. The molecule has 3 N–H and O–H groups in total. The average molecular weight is 235 g/mol.